The third-order valence-electron chi connectivity index (χ3n) is 5.68. The fourth-order valence-electron chi connectivity index (χ4n) is 4.01. The molecule has 1 aromatic heterocycles. The van der Waals surface area contributed by atoms with E-state index in [1.54, 1.807) is 68.0 Å². The molecule has 1 saturated heterocycles. The topological polar surface area (TPSA) is 89.0 Å². The van der Waals surface area contributed by atoms with Gasteiger partial charge < -0.3 is 19.5 Å². The molecule has 0 aliphatic carbocycles. The van der Waals surface area contributed by atoms with Crippen molar-refractivity contribution in [2.24, 2.45) is 0 Å². The first-order valence-corrected chi connectivity index (χ1v) is 10.4. The Balaban J connectivity index is 1.90. The standard InChI is InChI=1S/C26H24N2O5/c1-16-4-9-21(33-3)20(14-16)24(29)22-23(18-5-7-19(32-2)8-6-18)28(26(31)25(22)30)15-17-10-12-27-13-11-17/h4-14,23,29H,15H2,1-3H3/b24-22+. The van der Waals surface area contributed by atoms with Crippen molar-refractivity contribution < 1.29 is 24.2 Å². The second-order valence-electron chi connectivity index (χ2n) is 7.76. The quantitative estimate of drug-likeness (QED) is 0.351. The van der Waals surface area contributed by atoms with Gasteiger partial charge >= 0.3 is 0 Å². The molecule has 168 valence electrons. The summed E-state index contributed by atoms with van der Waals surface area (Å²) in [5.41, 5.74) is 2.75. The zero-order valence-electron chi connectivity index (χ0n) is 18.6. The van der Waals surface area contributed by atoms with Crippen molar-refractivity contribution in [1.29, 1.82) is 0 Å². The lowest BCUT2D eigenvalue weighted by molar-refractivity contribution is -0.140. The predicted molar refractivity (Wildman–Crippen MR) is 123 cm³/mol. The highest BCUT2D eigenvalue weighted by Gasteiger charge is 2.46. The first-order chi connectivity index (χ1) is 15.9. The molecule has 2 heterocycles. The minimum atomic E-state index is -0.783. The van der Waals surface area contributed by atoms with Gasteiger partial charge in [0.05, 0.1) is 31.4 Å². The lowest BCUT2D eigenvalue weighted by atomic mass is 9.94. The monoisotopic (exact) mass is 444 g/mol. The zero-order chi connectivity index (χ0) is 23.5. The van der Waals surface area contributed by atoms with Crippen LogP contribution in [0.2, 0.25) is 0 Å². The van der Waals surface area contributed by atoms with Crippen LogP contribution in [0.4, 0.5) is 0 Å². The number of carbonyl (C=O) groups is 2. The molecule has 1 fully saturated rings. The predicted octanol–water partition coefficient (Wildman–Crippen LogP) is 4.03. The molecule has 7 nitrogen and oxygen atoms in total. The van der Waals surface area contributed by atoms with Gasteiger partial charge in [-0.2, -0.15) is 0 Å². The maximum Gasteiger partial charge on any atom is 0.295 e. The number of hydrogen-bond donors (Lipinski definition) is 1. The number of aliphatic hydroxyl groups is 1. The lowest BCUT2D eigenvalue weighted by Crippen LogP contribution is -2.29. The van der Waals surface area contributed by atoms with Crippen LogP contribution in [0.15, 0.2) is 72.6 Å². The Morgan fingerprint density at radius 1 is 1.00 bits per heavy atom. The van der Waals surface area contributed by atoms with E-state index in [9.17, 15) is 14.7 Å². The van der Waals surface area contributed by atoms with Gasteiger partial charge in [0.2, 0.25) is 0 Å². The molecule has 7 heteroatoms. The summed E-state index contributed by atoms with van der Waals surface area (Å²) in [6, 6.07) is 15.2. The number of amides is 1. The first-order valence-electron chi connectivity index (χ1n) is 10.4. The minimum absolute atomic E-state index is 0.0168. The van der Waals surface area contributed by atoms with Gasteiger partial charge in [-0.3, -0.25) is 14.6 Å². The van der Waals surface area contributed by atoms with E-state index in [0.29, 0.717) is 22.6 Å². The first kappa shape index (κ1) is 22.1. The molecule has 1 amide bonds. The van der Waals surface area contributed by atoms with Gasteiger partial charge in [-0.25, -0.2) is 0 Å². The van der Waals surface area contributed by atoms with Crippen LogP contribution in [-0.2, 0) is 16.1 Å². The highest BCUT2D eigenvalue weighted by Crippen LogP contribution is 2.42. The number of benzene rings is 2. The smallest absolute Gasteiger partial charge is 0.295 e. The van der Waals surface area contributed by atoms with Gasteiger partial charge in [0.25, 0.3) is 11.7 Å². The van der Waals surface area contributed by atoms with Crippen LogP contribution in [0.1, 0.15) is 28.3 Å². The summed E-state index contributed by atoms with van der Waals surface area (Å²) in [6.07, 6.45) is 3.26. The Bertz CT molecular complexity index is 1220. The van der Waals surface area contributed by atoms with Crippen molar-refractivity contribution in [2.75, 3.05) is 14.2 Å². The number of ether oxygens (including phenoxy) is 2. The molecule has 1 unspecified atom stereocenters. The van der Waals surface area contributed by atoms with Gasteiger partial charge in [0.15, 0.2) is 0 Å². The fourth-order valence-corrected chi connectivity index (χ4v) is 4.01. The average Bonchev–Trinajstić information content (AvgIpc) is 3.09. The average molecular weight is 444 g/mol. The number of aryl methyl sites for hydroxylation is 1. The minimum Gasteiger partial charge on any atom is -0.507 e. The third-order valence-corrected chi connectivity index (χ3v) is 5.68. The zero-order valence-corrected chi connectivity index (χ0v) is 18.6. The Hall–Kier alpha value is -4.13. The molecule has 2 aromatic carbocycles. The molecule has 4 rings (SSSR count). The number of aromatic nitrogens is 1. The van der Waals surface area contributed by atoms with Gasteiger partial charge in [-0.15, -0.1) is 0 Å². The second-order valence-corrected chi connectivity index (χ2v) is 7.76. The van der Waals surface area contributed by atoms with E-state index in [1.165, 1.54) is 12.0 Å². The molecule has 1 aliphatic heterocycles. The summed E-state index contributed by atoms with van der Waals surface area (Å²) in [4.78, 5) is 31.8. The maximum atomic E-state index is 13.2. The second kappa shape index (κ2) is 9.16. The lowest BCUT2D eigenvalue weighted by Gasteiger charge is -2.25. The van der Waals surface area contributed by atoms with Crippen molar-refractivity contribution in [3.8, 4) is 11.5 Å². The van der Waals surface area contributed by atoms with Crippen LogP contribution in [0, 0.1) is 6.92 Å². The molecular weight excluding hydrogens is 420 g/mol. The molecule has 0 radical (unpaired) electrons. The van der Waals surface area contributed by atoms with Crippen molar-refractivity contribution in [3.63, 3.8) is 0 Å². The van der Waals surface area contributed by atoms with Crippen molar-refractivity contribution >= 4 is 17.4 Å². The Labute approximate surface area is 191 Å². The SMILES string of the molecule is COc1ccc(C2/C(=C(\O)c3cc(C)ccc3OC)C(=O)C(=O)N2Cc2ccncc2)cc1. The van der Waals surface area contributed by atoms with Crippen LogP contribution in [-0.4, -0.2) is 40.9 Å². The van der Waals surface area contributed by atoms with Gasteiger partial charge in [-0.1, -0.05) is 23.8 Å². The van der Waals surface area contributed by atoms with Crippen LogP contribution >= 0.6 is 0 Å². The number of hydrogen-bond acceptors (Lipinski definition) is 6. The summed E-state index contributed by atoms with van der Waals surface area (Å²) >= 11 is 0. The molecular formula is C26H24N2O5. The van der Waals surface area contributed by atoms with Crippen LogP contribution in [0.5, 0.6) is 11.5 Å². The van der Waals surface area contributed by atoms with E-state index in [0.717, 1.165) is 11.1 Å². The number of pyridine rings is 1. The van der Waals surface area contributed by atoms with Crippen LogP contribution in [0.25, 0.3) is 5.76 Å². The number of carbonyl (C=O) groups excluding carboxylic acids is 2. The number of rotatable bonds is 6. The van der Waals surface area contributed by atoms with Crippen molar-refractivity contribution in [3.05, 3.63) is 94.8 Å². The van der Waals surface area contributed by atoms with Crippen LogP contribution in [0.3, 0.4) is 0 Å². The molecule has 33 heavy (non-hydrogen) atoms. The van der Waals surface area contributed by atoms with Crippen LogP contribution < -0.4 is 9.47 Å². The number of aliphatic hydroxyl groups excluding tert-OH is 1. The summed E-state index contributed by atoms with van der Waals surface area (Å²) in [5.74, 6) is -0.643. The maximum absolute atomic E-state index is 13.2. The number of nitrogens with zero attached hydrogens (tertiary/aromatic N) is 2. The van der Waals surface area contributed by atoms with E-state index >= 15 is 0 Å². The molecule has 1 atom stereocenters. The van der Waals surface area contributed by atoms with E-state index in [1.807, 2.05) is 13.0 Å². The van der Waals surface area contributed by atoms with Gasteiger partial charge in [-0.05, 0) is 54.4 Å². The highest BCUT2D eigenvalue weighted by atomic mass is 16.5. The third kappa shape index (κ3) is 4.17. The number of likely N-dealkylation sites (tertiary alicyclic amines) is 1. The molecule has 3 aromatic rings. The van der Waals surface area contributed by atoms with Crippen molar-refractivity contribution in [2.45, 2.75) is 19.5 Å². The van der Waals surface area contributed by atoms with E-state index in [-0.39, 0.29) is 17.9 Å². The highest BCUT2D eigenvalue weighted by molar-refractivity contribution is 6.46. The summed E-state index contributed by atoms with van der Waals surface area (Å²) in [5, 5.41) is 11.3. The Morgan fingerprint density at radius 2 is 1.70 bits per heavy atom. The Kier molecular flexibility index (Phi) is 6.13. The molecule has 0 bridgehead atoms. The number of Topliss-reactive ketones (excluding diaryl/α,β-unsaturated/α-hetero) is 1. The normalized spacial score (nSPS) is 17.3. The van der Waals surface area contributed by atoms with Gasteiger partial charge in [0, 0.05) is 18.9 Å². The number of methoxy groups -OCH3 is 2. The largest absolute Gasteiger partial charge is 0.507 e. The van der Waals surface area contributed by atoms with E-state index in [2.05, 4.69) is 4.98 Å². The summed E-state index contributed by atoms with van der Waals surface area (Å²) in [6.45, 7) is 2.06. The summed E-state index contributed by atoms with van der Waals surface area (Å²) in [7, 11) is 3.05. The van der Waals surface area contributed by atoms with Crippen molar-refractivity contribution in [1.82, 2.24) is 9.88 Å². The molecule has 1 N–H and O–H groups in total. The summed E-state index contributed by atoms with van der Waals surface area (Å²) < 4.78 is 10.7. The van der Waals surface area contributed by atoms with E-state index < -0.39 is 17.7 Å². The van der Waals surface area contributed by atoms with Gasteiger partial charge in [0.1, 0.15) is 17.3 Å². The Morgan fingerprint density at radius 3 is 2.33 bits per heavy atom. The number of ketones is 1. The molecule has 1 aliphatic rings. The van der Waals surface area contributed by atoms with E-state index in [4.69, 9.17) is 9.47 Å². The molecule has 0 spiro atoms. The molecule has 0 saturated carbocycles. The fraction of sp³-hybridized carbons (Fsp3) is 0.192.